The molecule has 1 fully saturated rings. The third-order valence-electron chi connectivity index (χ3n) is 4.89. The van der Waals surface area contributed by atoms with E-state index < -0.39 is 0 Å². The van der Waals surface area contributed by atoms with Crippen molar-refractivity contribution in [2.75, 3.05) is 24.8 Å². The first-order chi connectivity index (χ1) is 11.4. The van der Waals surface area contributed by atoms with Crippen molar-refractivity contribution < 1.29 is 14.3 Å². The lowest BCUT2D eigenvalue weighted by Crippen LogP contribution is -2.36. The Hall–Kier alpha value is -1.75. The van der Waals surface area contributed by atoms with E-state index in [9.17, 15) is 4.79 Å². The van der Waals surface area contributed by atoms with Crippen LogP contribution in [0.25, 0.3) is 0 Å². The van der Waals surface area contributed by atoms with E-state index in [1.54, 1.807) is 25.3 Å². The molecule has 1 amide bonds. The van der Waals surface area contributed by atoms with Crippen molar-refractivity contribution in [2.45, 2.75) is 46.1 Å². The van der Waals surface area contributed by atoms with Crippen LogP contribution in [0, 0.1) is 17.8 Å². The number of ether oxygens (including phenoxy) is 2. The van der Waals surface area contributed by atoms with E-state index in [4.69, 9.17) is 15.2 Å². The predicted octanol–water partition coefficient (Wildman–Crippen LogP) is 3.69. The van der Waals surface area contributed by atoms with Crippen LogP contribution in [0.15, 0.2) is 18.2 Å². The summed E-state index contributed by atoms with van der Waals surface area (Å²) in [5.41, 5.74) is 6.93. The molecular weight excluding hydrogens is 304 g/mol. The number of methoxy groups -OCH3 is 1. The first-order valence-electron chi connectivity index (χ1n) is 8.75. The molecule has 0 radical (unpaired) electrons. The Morgan fingerprint density at radius 2 is 2.12 bits per heavy atom. The van der Waals surface area contributed by atoms with Crippen molar-refractivity contribution in [3.05, 3.63) is 18.2 Å². The van der Waals surface area contributed by atoms with Gasteiger partial charge in [0, 0.05) is 11.8 Å². The second-order valence-electron chi connectivity index (χ2n) is 7.18. The number of nitrogens with one attached hydrogen (secondary N) is 1. The number of nitrogens with two attached hydrogens (primary N) is 1. The molecule has 1 aliphatic rings. The first kappa shape index (κ1) is 18.6. The van der Waals surface area contributed by atoms with Gasteiger partial charge in [-0.25, -0.2) is 0 Å². The topological polar surface area (TPSA) is 73.6 Å². The molecule has 5 heteroatoms. The average Bonchev–Trinajstić information content (AvgIpc) is 2.54. The third kappa shape index (κ3) is 4.87. The number of amides is 1. The number of benzene rings is 1. The van der Waals surface area contributed by atoms with Crippen LogP contribution in [-0.4, -0.2) is 25.7 Å². The van der Waals surface area contributed by atoms with Gasteiger partial charge in [-0.1, -0.05) is 27.2 Å². The molecule has 1 aliphatic carbocycles. The molecular formula is C19H30N2O3. The van der Waals surface area contributed by atoms with Gasteiger partial charge in [-0.05, 0) is 42.7 Å². The minimum Gasteiger partial charge on any atom is -0.494 e. The van der Waals surface area contributed by atoms with Crippen molar-refractivity contribution >= 4 is 17.3 Å². The summed E-state index contributed by atoms with van der Waals surface area (Å²) in [5, 5.41) is 2.84. The number of anilines is 2. The predicted molar refractivity (Wildman–Crippen MR) is 97.1 cm³/mol. The monoisotopic (exact) mass is 334 g/mol. The second kappa shape index (κ2) is 8.38. The molecule has 2 rings (SSSR count). The van der Waals surface area contributed by atoms with Crippen molar-refractivity contribution in [3.63, 3.8) is 0 Å². The van der Waals surface area contributed by atoms with Gasteiger partial charge < -0.3 is 20.5 Å². The molecule has 5 nitrogen and oxygen atoms in total. The van der Waals surface area contributed by atoms with Crippen molar-refractivity contribution in [2.24, 2.45) is 17.8 Å². The lowest BCUT2D eigenvalue weighted by Gasteiger charge is -2.37. The molecule has 0 bridgehead atoms. The number of carbonyl (C=O) groups is 1. The fourth-order valence-electron chi connectivity index (χ4n) is 3.49. The molecule has 1 aromatic carbocycles. The van der Waals surface area contributed by atoms with Gasteiger partial charge in [0.1, 0.15) is 12.4 Å². The number of nitrogen functional groups attached to an aromatic ring is 1. The molecule has 0 spiro atoms. The minimum absolute atomic E-state index is 0.0636. The fourth-order valence-corrected chi connectivity index (χ4v) is 3.49. The zero-order chi connectivity index (χ0) is 17.7. The van der Waals surface area contributed by atoms with Crippen LogP contribution in [0.1, 0.15) is 40.0 Å². The molecule has 1 saturated carbocycles. The number of carbonyl (C=O) groups excluding carboxylic acids is 1. The van der Waals surface area contributed by atoms with E-state index >= 15 is 0 Å². The van der Waals surface area contributed by atoms with Crippen molar-refractivity contribution in [1.29, 1.82) is 0 Å². The zero-order valence-electron chi connectivity index (χ0n) is 15.2. The fraction of sp³-hybridized carbons (Fsp3) is 0.632. The standard InChI is InChI=1S/C19H30N2O3/c1-12(2)15-7-5-13(3)9-17(15)24-11-19(22)21-16-8-6-14(20)10-18(16)23-4/h6,8,10,12-13,15,17H,5,7,9,11,20H2,1-4H3,(H,21,22). The summed E-state index contributed by atoms with van der Waals surface area (Å²) in [6, 6.07) is 5.16. The highest BCUT2D eigenvalue weighted by atomic mass is 16.5. The van der Waals surface area contributed by atoms with Gasteiger partial charge in [-0.2, -0.15) is 0 Å². The Morgan fingerprint density at radius 3 is 2.79 bits per heavy atom. The first-order valence-corrected chi connectivity index (χ1v) is 8.75. The Labute approximate surface area is 144 Å². The smallest absolute Gasteiger partial charge is 0.250 e. The Balaban J connectivity index is 1.92. The lowest BCUT2D eigenvalue weighted by molar-refractivity contribution is -0.126. The van der Waals surface area contributed by atoms with Gasteiger partial charge in [-0.15, -0.1) is 0 Å². The third-order valence-corrected chi connectivity index (χ3v) is 4.89. The molecule has 1 aromatic rings. The van der Waals surface area contributed by atoms with Gasteiger partial charge in [-0.3, -0.25) is 4.79 Å². The molecule has 3 unspecified atom stereocenters. The SMILES string of the molecule is COc1cc(N)ccc1NC(=O)COC1CC(C)CCC1C(C)C. The Morgan fingerprint density at radius 1 is 1.38 bits per heavy atom. The van der Waals surface area contributed by atoms with E-state index in [0.717, 1.165) is 6.42 Å². The van der Waals surface area contributed by atoms with E-state index in [0.29, 0.717) is 34.9 Å². The highest BCUT2D eigenvalue weighted by Gasteiger charge is 2.31. The van der Waals surface area contributed by atoms with Crippen LogP contribution >= 0.6 is 0 Å². The molecule has 3 atom stereocenters. The van der Waals surface area contributed by atoms with Crippen molar-refractivity contribution in [1.82, 2.24) is 0 Å². The number of rotatable bonds is 6. The normalized spacial score (nSPS) is 24.0. The second-order valence-corrected chi connectivity index (χ2v) is 7.18. The lowest BCUT2D eigenvalue weighted by atomic mass is 9.75. The minimum atomic E-state index is -0.168. The highest BCUT2D eigenvalue weighted by Crippen LogP contribution is 2.35. The largest absolute Gasteiger partial charge is 0.494 e. The van der Waals surface area contributed by atoms with Gasteiger partial charge >= 0.3 is 0 Å². The summed E-state index contributed by atoms with van der Waals surface area (Å²) in [7, 11) is 1.55. The molecule has 134 valence electrons. The van der Waals surface area contributed by atoms with Crippen LogP contribution in [0.5, 0.6) is 5.75 Å². The molecule has 0 saturated heterocycles. The maximum Gasteiger partial charge on any atom is 0.250 e. The van der Waals surface area contributed by atoms with Gasteiger partial charge in [0.2, 0.25) is 5.91 Å². The van der Waals surface area contributed by atoms with Gasteiger partial charge in [0.25, 0.3) is 0 Å². The van der Waals surface area contributed by atoms with Crippen LogP contribution in [0.2, 0.25) is 0 Å². The van der Waals surface area contributed by atoms with E-state index in [-0.39, 0.29) is 18.6 Å². The summed E-state index contributed by atoms with van der Waals surface area (Å²) in [5.74, 6) is 2.14. The average molecular weight is 334 g/mol. The summed E-state index contributed by atoms with van der Waals surface area (Å²) >= 11 is 0. The van der Waals surface area contributed by atoms with Gasteiger partial charge in [0.15, 0.2) is 0 Å². The maximum absolute atomic E-state index is 12.2. The summed E-state index contributed by atoms with van der Waals surface area (Å²) in [4.78, 5) is 12.2. The Kier molecular flexibility index (Phi) is 6.49. The van der Waals surface area contributed by atoms with E-state index in [1.807, 2.05) is 0 Å². The molecule has 0 aromatic heterocycles. The van der Waals surface area contributed by atoms with Crippen LogP contribution in [-0.2, 0) is 9.53 Å². The van der Waals surface area contributed by atoms with Crippen LogP contribution in [0.4, 0.5) is 11.4 Å². The quantitative estimate of drug-likeness (QED) is 0.778. The number of hydrogen-bond acceptors (Lipinski definition) is 4. The summed E-state index contributed by atoms with van der Waals surface area (Å²) in [6.07, 6.45) is 3.61. The Bertz CT molecular complexity index is 560. The van der Waals surface area contributed by atoms with Crippen molar-refractivity contribution in [3.8, 4) is 5.75 Å². The number of hydrogen-bond donors (Lipinski definition) is 2. The molecule has 3 N–H and O–H groups in total. The summed E-state index contributed by atoms with van der Waals surface area (Å²) in [6.45, 7) is 6.78. The van der Waals surface area contributed by atoms with E-state index in [1.165, 1.54) is 12.8 Å². The molecule has 0 heterocycles. The van der Waals surface area contributed by atoms with E-state index in [2.05, 4.69) is 26.1 Å². The maximum atomic E-state index is 12.2. The molecule has 0 aliphatic heterocycles. The zero-order valence-corrected chi connectivity index (χ0v) is 15.2. The highest BCUT2D eigenvalue weighted by molar-refractivity contribution is 5.93. The van der Waals surface area contributed by atoms with Crippen LogP contribution < -0.4 is 15.8 Å². The molecule has 24 heavy (non-hydrogen) atoms. The van der Waals surface area contributed by atoms with Gasteiger partial charge in [0.05, 0.1) is 18.9 Å². The van der Waals surface area contributed by atoms with Crippen LogP contribution in [0.3, 0.4) is 0 Å². The summed E-state index contributed by atoms with van der Waals surface area (Å²) < 4.78 is 11.2.